The number of carbonyl (C=O) groups is 1. The molecule has 3 heterocycles. The van der Waals surface area contributed by atoms with Gasteiger partial charge < -0.3 is 10.0 Å². The van der Waals surface area contributed by atoms with Crippen molar-refractivity contribution in [2.45, 2.75) is 26.3 Å². The molecular formula is C17H17ClN4O2S. The van der Waals surface area contributed by atoms with Crippen LogP contribution in [0.2, 0.25) is 5.02 Å². The fraction of sp³-hybridized carbons (Fsp3) is 0.353. The van der Waals surface area contributed by atoms with Gasteiger partial charge in [0.2, 0.25) is 0 Å². The van der Waals surface area contributed by atoms with Gasteiger partial charge in [-0.2, -0.15) is 5.10 Å². The maximum atomic E-state index is 11.1. The summed E-state index contributed by atoms with van der Waals surface area (Å²) in [6, 6.07) is 5.40. The molecule has 3 aromatic rings. The van der Waals surface area contributed by atoms with Gasteiger partial charge in [-0.1, -0.05) is 22.9 Å². The first-order valence-corrected chi connectivity index (χ1v) is 9.32. The number of thiazole rings is 1. The minimum atomic E-state index is -1.02. The molecule has 0 aliphatic carbocycles. The standard InChI is InChI=1S/C17H17ClN4O2S/c1-10-6-13(16(23)24)20-22(10)9-11-7-12(18)8-14-15(11)19-17(25-14)21-4-2-3-5-21/h6-8H,2-5,9H2,1H3,(H,23,24). The zero-order chi connectivity index (χ0) is 17.6. The second kappa shape index (κ2) is 6.31. The monoisotopic (exact) mass is 376 g/mol. The van der Waals surface area contributed by atoms with Crippen LogP contribution < -0.4 is 4.90 Å². The zero-order valence-electron chi connectivity index (χ0n) is 13.7. The first-order chi connectivity index (χ1) is 12.0. The fourth-order valence-corrected chi connectivity index (χ4v) is 4.56. The van der Waals surface area contributed by atoms with Crippen molar-refractivity contribution >= 4 is 44.3 Å². The SMILES string of the molecule is Cc1cc(C(=O)O)nn1Cc1cc(Cl)cc2sc(N3CCCC3)nc12. The zero-order valence-corrected chi connectivity index (χ0v) is 15.3. The van der Waals surface area contributed by atoms with E-state index in [0.29, 0.717) is 11.6 Å². The van der Waals surface area contributed by atoms with Gasteiger partial charge in [-0.25, -0.2) is 9.78 Å². The lowest BCUT2D eigenvalue weighted by Crippen LogP contribution is -2.17. The molecule has 25 heavy (non-hydrogen) atoms. The number of aromatic nitrogens is 3. The molecule has 0 atom stereocenters. The number of aromatic carboxylic acids is 1. The first kappa shape index (κ1) is 16.4. The first-order valence-electron chi connectivity index (χ1n) is 8.13. The van der Waals surface area contributed by atoms with E-state index in [0.717, 1.165) is 39.7 Å². The fourth-order valence-electron chi connectivity index (χ4n) is 3.15. The Hall–Kier alpha value is -2.12. The van der Waals surface area contributed by atoms with Crippen LogP contribution in [0.15, 0.2) is 18.2 Å². The molecule has 0 saturated carbocycles. The van der Waals surface area contributed by atoms with Gasteiger partial charge >= 0.3 is 5.97 Å². The Kier molecular flexibility index (Phi) is 4.13. The molecule has 0 amide bonds. The Bertz CT molecular complexity index is 959. The Morgan fingerprint density at radius 3 is 2.76 bits per heavy atom. The van der Waals surface area contributed by atoms with Gasteiger partial charge in [0.15, 0.2) is 10.8 Å². The normalized spacial score (nSPS) is 14.6. The van der Waals surface area contributed by atoms with Crippen molar-refractivity contribution in [1.82, 2.24) is 14.8 Å². The predicted octanol–water partition coefficient (Wildman–Crippen LogP) is 3.80. The van der Waals surface area contributed by atoms with E-state index in [1.165, 1.54) is 12.8 Å². The van der Waals surface area contributed by atoms with E-state index >= 15 is 0 Å². The molecule has 1 fully saturated rings. The maximum Gasteiger partial charge on any atom is 0.356 e. The van der Waals surface area contributed by atoms with Gasteiger partial charge in [0.1, 0.15) is 0 Å². The number of halogens is 1. The number of aryl methyl sites for hydroxylation is 1. The van der Waals surface area contributed by atoms with Gasteiger partial charge in [0, 0.05) is 29.4 Å². The Balaban J connectivity index is 1.74. The molecule has 0 unspecified atom stereocenters. The van der Waals surface area contributed by atoms with E-state index in [4.69, 9.17) is 21.7 Å². The van der Waals surface area contributed by atoms with Gasteiger partial charge in [-0.15, -0.1) is 0 Å². The number of benzene rings is 1. The Morgan fingerprint density at radius 2 is 2.08 bits per heavy atom. The van der Waals surface area contributed by atoms with Crippen LogP contribution in [0.25, 0.3) is 10.2 Å². The highest BCUT2D eigenvalue weighted by molar-refractivity contribution is 7.22. The molecule has 1 aliphatic rings. The van der Waals surface area contributed by atoms with Gasteiger partial charge in [-0.05, 0) is 38.0 Å². The highest BCUT2D eigenvalue weighted by Gasteiger charge is 2.19. The number of hydrogen-bond donors (Lipinski definition) is 1. The van der Waals surface area contributed by atoms with Crippen molar-refractivity contribution in [3.63, 3.8) is 0 Å². The average Bonchev–Trinajstić information content (AvgIpc) is 3.26. The summed E-state index contributed by atoms with van der Waals surface area (Å²) in [5, 5.41) is 15.0. The molecule has 1 aromatic carbocycles. The van der Waals surface area contributed by atoms with Crippen molar-refractivity contribution in [2.24, 2.45) is 0 Å². The molecule has 1 saturated heterocycles. The Labute approximate surface area is 153 Å². The van der Waals surface area contributed by atoms with Crippen LogP contribution in [0.3, 0.4) is 0 Å². The van der Waals surface area contributed by atoms with Crippen molar-refractivity contribution < 1.29 is 9.90 Å². The van der Waals surface area contributed by atoms with E-state index in [1.807, 2.05) is 19.1 Å². The lowest BCUT2D eigenvalue weighted by molar-refractivity contribution is 0.0689. The summed E-state index contributed by atoms with van der Waals surface area (Å²) in [5.41, 5.74) is 2.71. The van der Waals surface area contributed by atoms with Crippen LogP contribution in [0.1, 0.15) is 34.6 Å². The number of anilines is 1. The second-order valence-electron chi connectivity index (χ2n) is 6.24. The second-order valence-corrected chi connectivity index (χ2v) is 7.68. The number of rotatable bonds is 4. The minimum absolute atomic E-state index is 0.0480. The quantitative estimate of drug-likeness (QED) is 0.749. The van der Waals surface area contributed by atoms with Crippen LogP contribution in [0, 0.1) is 6.92 Å². The summed E-state index contributed by atoms with van der Waals surface area (Å²) in [7, 11) is 0. The molecule has 0 spiro atoms. The van der Waals surface area contributed by atoms with Crippen molar-refractivity contribution in [1.29, 1.82) is 0 Å². The molecule has 8 heteroatoms. The number of carboxylic acid groups (broad SMARTS) is 1. The lowest BCUT2D eigenvalue weighted by atomic mass is 10.2. The highest BCUT2D eigenvalue weighted by atomic mass is 35.5. The van der Waals surface area contributed by atoms with E-state index in [2.05, 4.69) is 10.00 Å². The van der Waals surface area contributed by atoms with Crippen LogP contribution in [-0.2, 0) is 6.54 Å². The lowest BCUT2D eigenvalue weighted by Gasteiger charge is -2.12. The molecule has 0 radical (unpaired) electrons. The smallest absolute Gasteiger partial charge is 0.356 e. The summed E-state index contributed by atoms with van der Waals surface area (Å²) in [6.07, 6.45) is 2.40. The van der Waals surface area contributed by atoms with Gasteiger partial charge in [0.25, 0.3) is 0 Å². The molecular weight excluding hydrogens is 360 g/mol. The molecule has 6 nitrogen and oxygen atoms in total. The number of fused-ring (bicyclic) bond motifs is 1. The molecule has 130 valence electrons. The number of hydrogen-bond acceptors (Lipinski definition) is 5. The molecule has 0 bridgehead atoms. The summed E-state index contributed by atoms with van der Waals surface area (Å²) >= 11 is 7.95. The highest BCUT2D eigenvalue weighted by Crippen LogP contribution is 2.34. The van der Waals surface area contributed by atoms with Crippen molar-refractivity contribution in [3.05, 3.63) is 40.2 Å². The van der Waals surface area contributed by atoms with Crippen LogP contribution >= 0.6 is 22.9 Å². The third-order valence-electron chi connectivity index (χ3n) is 4.42. The number of carboxylic acids is 1. The summed E-state index contributed by atoms with van der Waals surface area (Å²) in [4.78, 5) is 18.3. The third-order valence-corrected chi connectivity index (χ3v) is 5.71. The summed E-state index contributed by atoms with van der Waals surface area (Å²) in [6.45, 7) is 4.38. The van der Waals surface area contributed by atoms with Gasteiger partial charge in [-0.3, -0.25) is 4.68 Å². The molecule has 1 aliphatic heterocycles. The van der Waals surface area contributed by atoms with Crippen molar-refractivity contribution in [2.75, 3.05) is 18.0 Å². The van der Waals surface area contributed by atoms with E-state index in [9.17, 15) is 4.79 Å². The van der Waals surface area contributed by atoms with Gasteiger partial charge in [0.05, 0.1) is 16.8 Å². The third kappa shape index (κ3) is 3.09. The number of nitrogens with zero attached hydrogens (tertiary/aromatic N) is 4. The van der Waals surface area contributed by atoms with Crippen LogP contribution in [0.4, 0.5) is 5.13 Å². The van der Waals surface area contributed by atoms with Crippen LogP contribution in [-0.4, -0.2) is 38.9 Å². The van der Waals surface area contributed by atoms with E-state index in [1.54, 1.807) is 22.1 Å². The van der Waals surface area contributed by atoms with E-state index < -0.39 is 5.97 Å². The molecule has 1 N–H and O–H groups in total. The largest absolute Gasteiger partial charge is 0.476 e. The Morgan fingerprint density at radius 1 is 1.32 bits per heavy atom. The molecule has 4 rings (SSSR count). The minimum Gasteiger partial charge on any atom is -0.476 e. The average molecular weight is 377 g/mol. The van der Waals surface area contributed by atoms with Crippen LogP contribution in [0.5, 0.6) is 0 Å². The van der Waals surface area contributed by atoms with Crippen molar-refractivity contribution in [3.8, 4) is 0 Å². The summed E-state index contributed by atoms with van der Waals surface area (Å²) < 4.78 is 2.73. The topological polar surface area (TPSA) is 71.2 Å². The summed E-state index contributed by atoms with van der Waals surface area (Å²) in [5.74, 6) is -1.02. The molecule has 2 aromatic heterocycles. The predicted molar refractivity (Wildman–Crippen MR) is 99.1 cm³/mol. The maximum absolute atomic E-state index is 11.1. The van der Waals surface area contributed by atoms with E-state index in [-0.39, 0.29) is 5.69 Å².